The van der Waals surface area contributed by atoms with Gasteiger partial charge in [-0.3, -0.25) is 9.78 Å². The number of nitrogens with two attached hydrogens (primary N) is 1. The lowest BCUT2D eigenvalue weighted by molar-refractivity contribution is 0.0996. The Morgan fingerprint density at radius 2 is 2.08 bits per heavy atom. The third-order valence-corrected chi connectivity index (χ3v) is 4.59. The van der Waals surface area contributed by atoms with Crippen molar-refractivity contribution in [1.29, 1.82) is 0 Å². The van der Waals surface area contributed by atoms with Crippen molar-refractivity contribution in [3.63, 3.8) is 0 Å². The van der Waals surface area contributed by atoms with Gasteiger partial charge in [0.05, 0.1) is 5.52 Å². The molecule has 7 heteroatoms. The number of hydrogen-bond acceptors (Lipinski definition) is 4. The SMILES string of the molecule is NC(=O)c1cn2c(n1)CCN(c1ccnc3cc(Cl)ccc13)CC2. The second kappa shape index (κ2) is 5.79. The maximum absolute atomic E-state index is 11.3. The predicted octanol–water partition coefficient (Wildman–Crippen LogP) is 2.25. The van der Waals surface area contributed by atoms with E-state index >= 15 is 0 Å². The molecule has 0 saturated heterocycles. The van der Waals surface area contributed by atoms with Gasteiger partial charge < -0.3 is 15.2 Å². The highest BCUT2D eigenvalue weighted by Gasteiger charge is 2.19. The number of carbonyl (C=O) groups excluding carboxylic acids is 1. The molecule has 122 valence electrons. The zero-order valence-corrected chi connectivity index (χ0v) is 13.7. The van der Waals surface area contributed by atoms with Crippen LogP contribution in [0.5, 0.6) is 0 Å². The average molecular weight is 342 g/mol. The summed E-state index contributed by atoms with van der Waals surface area (Å²) in [6.07, 6.45) is 4.30. The molecule has 1 amide bonds. The summed E-state index contributed by atoms with van der Waals surface area (Å²) >= 11 is 6.07. The highest BCUT2D eigenvalue weighted by Crippen LogP contribution is 2.28. The van der Waals surface area contributed by atoms with Crippen LogP contribution in [-0.2, 0) is 13.0 Å². The fraction of sp³-hybridized carbons (Fsp3) is 0.235. The van der Waals surface area contributed by atoms with Crippen LogP contribution in [0.15, 0.2) is 36.7 Å². The van der Waals surface area contributed by atoms with Crippen LogP contribution in [0.2, 0.25) is 5.02 Å². The summed E-state index contributed by atoms with van der Waals surface area (Å²) in [5, 5.41) is 1.77. The van der Waals surface area contributed by atoms with E-state index in [1.165, 1.54) is 0 Å². The van der Waals surface area contributed by atoms with Crippen molar-refractivity contribution in [2.45, 2.75) is 13.0 Å². The van der Waals surface area contributed by atoms with Gasteiger partial charge in [0.25, 0.3) is 5.91 Å². The van der Waals surface area contributed by atoms with E-state index in [1.54, 1.807) is 6.20 Å². The lowest BCUT2D eigenvalue weighted by Gasteiger charge is -2.23. The molecule has 1 aromatic carbocycles. The van der Waals surface area contributed by atoms with Gasteiger partial charge in [0.2, 0.25) is 0 Å². The van der Waals surface area contributed by atoms with E-state index in [-0.39, 0.29) is 0 Å². The van der Waals surface area contributed by atoms with Gasteiger partial charge in [-0.05, 0) is 24.3 Å². The van der Waals surface area contributed by atoms with Gasteiger partial charge in [0.15, 0.2) is 0 Å². The number of rotatable bonds is 2. The van der Waals surface area contributed by atoms with Crippen molar-refractivity contribution in [1.82, 2.24) is 14.5 Å². The predicted molar refractivity (Wildman–Crippen MR) is 93.4 cm³/mol. The second-order valence-corrected chi connectivity index (χ2v) is 6.27. The van der Waals surface area contributed by atoms with Gasteiger partial charge in [0.1, 0.15) is 11.5 Å². The summed E-state index contributed by atoms with van der Waals surface area (Å²) in [5.74, 6) is 0.414. The number of pyridine rings is 1. The third kappa shape index (κ3) is 2.59. The molecule has 0 atom stereocenters. The molecule has 3 heterocycles. The number of primary amides is 1. The highest BCUT2D eigenvalue weighted by atomic mass is 35.5. The first-order valence-electron chi connectivity index (χ1n) is 7.77. The van der Waals surface area contributed by atoms with E-state index in [0.29, 0.717) is 10.7 Å². The fourth-order valence-electron chi connectivity index (χ4n) is 3.16. The van der Waals surface area contributed by atoms with Crippen LogP contribution in [-0.4, -0.2) is 33.5 Å². The maximum Gasteiger partial charge on any atom is 0.268 e. The van der Waals surface area contributed by atoms with Crippen LogP contribution in [0, 0.1) is 0 Å². The highest BCUT2D eigenvalue weighted by molar-refractivity contribution is 6.31. The first-order valence-corrected chi connectivity index (χ1v) is 8.15. The maximum atomic E-state index is 11.3. The van der Waals surface area contributed by atoms with Gasteiger partial charge >= 0.3 is 0 Å². The van der Waals surface area contributed by atoms with Crippen molar-refractivity contribution in [2.24, 2.45) is 5.73 Å². The van der Waals surface area contributed by atoms with E-state index in [9.17, 15) is 4.79 Å². The molecule has 0 fully saturated rings. The molecule has 0 radical (unpaired) electrons. The monoisotopic (exact) mass is 341 g/mol. The Morgan fingerprint density at radius 1 is 1.21 bits per heavy atom. The Morgan fingerprint density at radius 3 is 2.92 bits per heavy atom. The quantitative estimate of drug-likeness (QED) is 0.775. The third-order valence-electron chi connectivity index (χ3n) is 4.35. The molecule has 6 nitrogen and oxygen atoms in total. The Kier molecular flexibility index (Phi) is 3.61. The smallest absolute Gasteiger partial charge is 0.268 e. The molecule has 3 aromatic rings. The summed E-state index contributed by atoms with van der Waals surface area (Å²) in [4.78, 5) is 22.3. The Labute approximate surface area is 143 Å². The van der Waals surface area contributed by atoms with Gasteiger partial charge in [-0.25, -0.2) is 4.98 Å². The minimum Gasteiger partial charge on any atom is -0.369 e. The van der Waals surface area contributed by atoms with E-state index in [4.69, 9.17) is 17.3 Å². The number of carbonyl (C=O) groups is 1. The molecule has 0 aliphatic carbocycles. The lowest BCUT2D eigenvalue weighted by atomic mass is 10.1. The number of amides is 1. The normalized spacial score (nSPS) is 14.5. The largest absolute Gasteiger partial charge is 0.369 e. The summed E-state index contributed by atoms with van der Waals surface area (Å²) in [7, 11) is 0. The molecule has 0 bridgehead atoms. The molecule has 0 unspecified atom stereocenters. The van der Waals surface area contributed by atoms with Crippen LogP contribution >= 0.6 is 11.6 Å². The molecule has 2 aromatic heterocycles. The number of hydrogen-bond donors (Lipinski definition) is 1. The van der Waals surface area contributed by atoms with Crippen molar-refractivity contribution >= 4 is 34.1 Å². The number of fused-ring (bicyclic) bond motifs is 2. The van der Waals surface area contributed by atoms with Crippen LogP contribution in [0.3, 0.4) is 0 Å². The molecule has 24 heavy (non-hydrogen) atoms. The molecular formula is C17H16ClN5O. The first-order chi connectivity index (χ1) is 11.6. The fourth-order valence-corrected chi connectivity index (χ4v) is 3.33. The van der Waals surface area contributed by atoms with Crippen LogP contribution in [0.4, 0.5) is 5.69 Å². The van der Waals surface area contributed by atoms with Crippen LogP contribution in [0.1, 0.15) is 16.3 Å². The van der Waals surface area contributed by atoms with E-state index in [2.05, 4.69) is 14.9 Å². The van der Waals surface area contributed by atoms with Gasteiger partial charge in [-0.2, -0.15) is 0 Å². The van der Waals surface area contributed by atoms with Gasteiger partial charge in [0, 0.05) is 54.5 Å². The number of anilines is 1. The summed E-state index contributed by atoms with van der Waals surface area (Å²) < 4.78 is 2.01. The van der Waals surface area contributed by atoms with Crippen molar-refractivity contribution in [3.8, 4) is 0 Å². The number of imidazole rings is 1. The van der Waals surface area contributed by atoms with Crippen molar-refractivity contribution in [3.05, 3.63) is 53.2 Å². The molecule has 0 spiro atoms. The number of halogens is 1. The van der Waals surface area contributed by atoms with E-state index < -0.39 is 5.91 Å². The number of nitrogens with zero attached hydrogens (tertiary/aromatic N) is 4. The molecule has 1 aliphatic rings. The van der Waals surface area contributed by atoms with Gasteiger partial charge in [-0.1, -0.05) is 11.6 Å². The zero-order valence-electron chi connectivity index (χ0n) is 12.9. The Bertz CT molecular complexity index is 910. The minimum absolute atomic E-state index is 0.336. The second-order valence-electron chi connectivity index (χ2n) is 5.83. The van der Waals surface area contributed by atoms with Crippen molar-refractivity contribution in [2.75, 3.05) is 18.0 Å². The van der Waals surface area contributed by atoms with E-state index in [1.807, 2.05) is 35.0 Å². The topological polar surface area (TPSA) is 77.0 Å². The van der Waals surface area contributed by atoms with Crippen LogP contribution in [0.25, 0.3) is 10.9 Å². The van der Waals surface area contributed by atoms with E-state index in [0.717, 1.165) is 48.5 Å². The molecule has 2 N–H and O–H groups in total. The number of benzene rings is 1. The molecule has 1 aliphatic heterocycles. The number of aromatic nitrogens is 3. The minimum atomic E-state index is -0.482. The Balaban J connectivity index is 1.65. The Hall–Kier alpha value is -2.60. The molecular weight excluding hydrogens is 326 g/mol. The summed E-state index contributed by atoms with van der Waals surface area (Å²) in [6.45, 7) is 2.40. The average Bonchev–Trinajstić information content (AvgIpc) is 2.88. The van der Waals surface area contributed by atoms with Crippen molar-refractivity contribution < 1.29 is 4.79 Å². The zero-order chi connectivity index (χ0) is 16.7. The molecule has 4 rings (SSSR count). The summed E-state index contributed by atoms with van der Waals surface area (Å²) in [5.41, 5.74) is 7.67. The van der Waals surface area contributed by atoms with Crippen LogP contribution < -0.4 is 10.6 Å². The standard InChI is InChI=1S/C17H16ClN5O/c18-11-1-2-12-13(9-11)20-5-3-15(12)22-6-4-16-21-14(17(19)24)10-23(16)8-7-22/h1-3,5,9-10H,4,6-8H2,(H2,19,24). The molecule has 0 saturated carbocycles. The summed E-state index contributed by atoms with van der Waals surface area (Å²) in [6, 6.07) is 7.80. The first kappa shape index (κ1) is 15.0. The lowest BCUT2D eigenvalue weighted by Crippen LogP contribution is -2.27. The van der Waals surface area contributed by atoms with Gasteiger partial charge in [-0.15, -0.1) is 0 Å².